The minimum atomic E-state index is -0.395. The van der Waals surface area contributed by atoms with E-state index < -0.39 is 5.60 Å². The van der Waals surface area contributed by atoms with Crippen molar-refractivity contribution in [3.05, 3.63) is 6.54 Å². The Morgan fingerprint density at radius 1 is 1.50 bits per heavy atom. The molecule has 0 N–H and O–H groups in total. The van der Waals surface area contributed by atoms with Gasteiger partial charge in [-0.1, -0.05) is 12.8 Å². The van der Waals surface area contributed by atoms with Crippen molar-refractivity contribution in [3.63, 3.8) is 0 Å². The Balaban J connectivity index is 0.00000106. The molecule has 0 saturated carbocycles. The van der Waals surface area contributed by atoms with Crippen LogP contribution in [0.1, 0.15) is 40.5 Å². The van der Waals surface area contributed by atoms with Crippen molar-refractivity contribution in [2.24, 2.45) is 5.92 Å². The maximum atomic E-state index is 11.6. The molecule has 1 aliphatic rings. The number of halogens is 1. The number of carbonyl (C=O) groups is 1. The van der Waals surface area contributed by atoms with E-state index in [-0.39, 0.29) is 6.09 Å². The summed E-state index contributed by atoms with van der Waals surface area (Å²) in [6, 6.07) is 0. The summed E-state index contributed by atoms with van der Waals surface area (Å²) in [7, 11) is 4.76. The van der Waals surface area contributed by atoms with Crippen LogP contribution in [-0.2, 0) is 22.0 Å². The molecular weight excluding hydrogens is 279 g/mol. The van der Waals surface area contributed by atoms with Gasteiger partial charge in [0.05, 0.1) is 0 Å². The predicted octanol–water partition coefficient (Wildman–Crippen LogP) is 3.50. The summed E-state index contributed by atoms with van der Waals surface area (Å²) >= 11 is 0.847. The van der Waals surface area contributed by atoms with Crippen LogP contribution in [0.2, 0.25) is 0 Å². The number of likely N-dealkylation sites (tertiary alicyclic amines) is 1. The third kappa shape index (κ3) is 6.70. The van der Waals surface area contributed by atoms with Crippen molar-refractivity contribution in [3.8, 4) is 0 Å². The monoisotopic (exact) mass is 297 g/mol. The van der Waals surface area contributed by atoms with Gasteiger partial charge in [-0.15, -0.1) is 0 Å². The molecule has 1 rings (SSSR count). The molecule has 0 aromatic heterocycles. The molecule has 1 amide bonds. The Kier molecular flexibility index (Phi) is 7.58. The number of hydrogen-bond donors (Lipinski definition) is 0. The van der Waals surface area contributed by atoms with E-state index in [1.165, 1.54) is 0 Å². The number of nitrogens with zero attached hydrogens (tertiary/aromatic N) is 1. The van der Waals surface area contributed by atoms with Gasteiger partial charge in [-0.2, -0.15) is 6.42 Å². The molecule has 0 bridgehead atoms. The second kappa shape index (κ2) is 7.50. The van der Waals surface area contributed by atoms with Crippen molar-refractivity contribution in [2.45, 2.75) is 46.1 Å². The molecule has 1 fully saturated rings. The van der Waals surface area contributed by atoms with Gasteiger partial charge in [0.1, 0.15) is 5.60 Å². The first-order chi connectivity index (χ1) is 7.38. The molecule has 0 aliphatic carbocycles. The molecule has 0 radical (unpaired) electrons. The number of carbonyl (C=O) groups excluding carboxylic acids is 1. The SMILES string of the molecule is CC1C[CH-]N(C(=O)OC(C)(C)C)CC1.[Cl][Zn+]. The Morgan fingerprint density at radius 2 is 2.06 bits per heavy atom. The van der Waals surface area contributed by atoms with Gasteiger partial charge in [-0.05, 0) is 33.7 Å². The number of ether oxygens (including phenoxy) is 1. The van der Waals surface area contributed by atoms with E-state index in [0.29, 0.717) is 5.92 Å². The predicted molar refractivity (Wildman–Crippen MR) is 61.5 cm³/mol. The van der Waals surface area contributed by atoms with Crippen LogP contribution < -0.4 is 0 Å². The van der Waals surface area contributed by atoms with E-state index in [2.05, 4.69) is 6.92 Å². The summed E-state index contributed by atoms with van der Waals surface area (Å²) in [5.41, 5.74) is -0.395. The van der Waals surface area contributed by atoms with Crippen LogP contribution in [0.5, 0.6) is 0 Å². The third-order valence-electron chi connectivity index (χ3n) is 2.22. The van der Waals surface area contributed by atoms with Crippen LogP contribution in [0.25, 0.3) is 0 Å². The topological polar surface area (TPSA) is 29.5 Å². The first-order valence-corrected chi connectivity index (χ1v) is 9.38. The van der Waals surface area contributed by atoms with E-state index in [4.69, 9.17) is 14.4 Å². The zero-order valence-corrected chi connectivity index (χ0v) is 14.3. The standard InChI is InChI=1S/C11H20NO2.ClH.Zn/c1-9-5-7-12(8-6-9)10(13)14-11(2,3)4;;/h7,9H,5-6,8H2,1-4H3;1H;/q-1;;+2/p-1. The van der Waals surface area contributed by atoms with Crippen LogP contribution in [0.15, 0.2) is 0 Å². The fourth-order valence-corrected chi connectivity index (χ4v) is 1.36. The van der Waals surface area contributed by atoms with Crippen LogP contribution in [-0.4, -0.2) is 23.1 Å². The van der Waals surface area contributed by atoms with E-state index in [0.717, 1.165) is 36.7 Å². The Bertz CT molecular complexity index is 211. The number of rotatable bonds is 0. The Hall–Kier alpha value is 0.183. The summed E-state index contributed by atoms with van der Waals surface area (Å²) in [6.45, 7) is 10.6. The number of amides is 1. The molecule has 1 aliphatic heterocycles. The second-order valence-corrected chi connectivity index (χ2v) is 4.99. The molecular formula is C11H20ClNO2Zn. The summed E-state index contributed by atoms with van der Waals surface area (Å²) in [5, 5.41) is 0. The molecule has 1 unspecified atom stereocenters. The summed E-state index contributed by atoms with van der Waals surface area (Å²) in [6.07, 6.45) is 1.82. The van der Waals surface area contributed by atoms with Gasteiger partial charge in [-0.25, -0.2) is 11.3 Å². The Morgan fingerprint density at radius 3 is 2.44 bits per heavy atom. The first kappa shape index (κ1) is 16.2. The van der Waals surface area contributed by atoms with E-state index in [9.17, 15) is 4.79 Å². The first-order valence-electron chi connectivity index (χ1n) is 5.48. The quantitative estimate of drug-likeness (QED) is 0.506. The molecule has 1 saturated heterocycles. The Labute approximate surface area is 113 Å². The van der Waals surface area contributed by atoms with E-state index >= 15 is 0 Å². The van der Waals surface area contributed by atoms with E-state index in [1.807, 2.05) is 27.3 Å². The van der Waals surface area contributed by atoms with Crippen molar-refractivity contribution in [2.75, 3.05) is 6.54 Å². The maximum absolute atomic E-state index is 11.6. The minimum absolute atomic E-state index is 0.218. The van der Waals surface area contributed by atoms with Gasteiger partial charge in [0.2, 0.25) is 0 Å². The van der Waals surface area contributed by atoms with Crippen molar-refractivity contribution >= 4 is 15.8 Å². The average Bonchev–Trinajstić information content (AvgIpc) is 2.19. The molecule has 5 heteroatoms. The van der Waals surface area contributed by atoms with Gasteiger partial charge >= 0.3 is 33.1 Å². The zero-order chi connectivity index (χ0) is 12.8. The molecule has 16 heavy (non-hydrogen) atoms. The fraction of sp³-hybridized carbons (Fsp3) is 0.818. The van der Waals surface area contributed by atoms with Crippen LogP contribution in [0, 0.1) is 12.5 Å². The molecule has 1 heterocycles. The number of hydrogen-bond acceptors (Lipinski definition) is 2. The summed E-state index contributed by atoms with van der Waals surface area (Å²) in [4.78, 5) is 13.3. The molecule has 90 valence electrons. The van der Waals surface area contributed by atoms with Crippen molar-refractivity contribution in [1.82, 2.24) is 4.90 Å². The molecule has 0 aromatic rings. The van der Waals surface area contributed by atoms with Crippen LogP contribution >= 0.6 is 9.69 Å². The van der Waals surface area contributed by atoms with Gasteiger partial charge in [0.15, 0.2) is 0 Å². The van der Waals surface area contributed by atoms with Crippen molar-refractivity contribution < 1.29 is 26.8 Å². The zero-order valence-electron chi connectivity index (χ0n) is 10.6. The molecule has 1 atom stereocenters. The summed E-state index contributed by atoms with van der Waals surface area (Å²) < 4.78 is 5.27. The van der Waals surface area contributed by atoms with E-state index in [1.54, 1.807) is 4.90 Å². The third-order valence-corrected chi connectivity index (χ3v) is 2.22. The number of piperidine rings is 1. The van der Waals surface area contributed by atoms with Crippen LogP contribution in [0.3, 0.4) is 0 Å². The van der Waals surface area contributed by atoms with Gasteiger partial charge in [0, 0.05) is 0 Å². The van der Waals surface area contributed by atoms with Gasteiger partial charge in [0.25, 0.3) is 0 Å². The fourth-order valence-electron chi connectivity index (χ4n) is 1.36. The van der Waals surface area contributed by atoms with Crippen LogP contribution in [0.4, 0.5) is 4.79 Å². The van der Waals surface area contributed by atoms with Gasteiger partial charge in [-0.3, -0.25) is 0 Å². The molecule has 0 spiro atoms. The molecule has 0 aromatic carbocycles. The molecule has 3 nitrogen and oxygen atoms in total. The summed E-state index contributed by atoms with van der Waals surface area (Å²) in [5.74, 6) is 0.689. The second-order valence-electron chi connectivity index (χ2n) is 4.99. The average molecular weight is 299 g/mol. The normalized spacial score (nSPS) is 20.9. The van der Waals surface area contributed by atoms with Gasteiger partial charge < -0.3 is 9.64 Å². The van der Waals surface area contributed by atoms with Crippen molar-refractivity contribution in [1.29, 1.82) is 0 Å².